The Morgan fingerprint density at radius 2 is 1.73 bits per heavy atom. The molecule has 0 radical (unpaired) electrons. The molecule has 1 aromatic heterocycles. The average Bonchev–Trinajstić information content (AvgIpc) is 2.82. The van der Waals surface area contributed by atoms with Gasteiger partial charge in [0.15, 0.2) is 18.1 Å². The lowest BCUT2D eigenvalue weighted by atomic mass is 10.1. The molecule has 10 heteroatoms. The molecule has 0 spiro atoms. The van der Waals surface area contributed by atoms with Crippen LogP contribution in [0.1, 0.15) is 15.9 Å². The number of benzene rings is 1. The normalized spacial score (nSPS) is 13.5. The summed E-state index contributed by atoms with van der Waals surface area (Å²) in [5.74, 6) is 0.231. The van der Waals surface area contributed by atoms with Gasteiger partial charge in [0.1, 0.15) is 0 Å². The van der Waals surface area contributed by atoms with Gasteiger partial charge < -0.3 is 24.6 Å². The third-order valence-corrected chi connectivity index (χ3v) is 5.70. The van der Waals surface area contributed by atoms with Gasteiger partial charge in [-0.15, -0.1) is 12.8 Å². The number of piperazine rings is 1. The van der Waals surface area contributed by atoms with Crippen LogP contribution in [0.25, 0.3) is 0 Å². The zero-order valence-electron chi connectivity index (χ0n) is 18.7. The number of aromatic nitrogens is 1. The Labute approximate surface area is 203 Å². The summed E-state index contributed by atoms with van der Waals surface area (Å²) < 4.78 is 11.2. The molecule has 1 N–H and O–H groups in total. The molecule has 33 heavy (non-hydrogen) atoms. The smallest absolute Gasteiger partial charge is 0.260 e. The number of rotatable bonds is 6. The molecule has 0 bridgehead atoms. The van der Waals surface area contributed by atoms with Gasteiger partial charge in [-0.3, -0.25) is 14.6 Å². The molecule has 0 aliphatic carbocycles. The fourth-order valence-electron chi connectivity index (χ4n) is 3.25. The minimum atomic E-state index is -0.426. The molecule has 0 saturated carbocycles. The lowest BCUT2D eigenvalue weighted by Crippen LogP contribution is -2.48. The maximum absolute atomic E-state index is 12.9. The molecule has 1 saturated heterocycles. The SMILES string of the molecule is C#C.COc1ccc(C(=O)Nc2c(Cl)cncc2Cl)c(C)c1OCC(=O)N1CCN(C)CC1. The molecule has 1 fully saturated rings. The molecular formula is C23H26Cl2N4O4. The van der Waals surface area contributed by atoms with Crippen molar-refractivity contribution in [1.82, 2.24) is 14.8 Å². The van der Waals surface area contributed by atoms with Crippen LogP contribution < -0.4 is 14.8 Å². The summed E-state index contributed by atoms with van der Waals surface area (Å²) >= 11 is 12.2. The van der Waals surface area contributed by atoms with Crippen molar-refractivity contribution in [2.45, 2.75) is 6.92 Å². The predicted molar refractivity (Wildman–Crippen MR) is 129 cm³/mol. The average molecular weight is 493 g/mol. The summed E-state index contributed by atoms with van der Waals surface area (Å²) in [6.45, 7) is 4.54. The number of methoxy groups -OCH3 is 1. The van der Waals surface area contributed by atoms with Crippen LogP contribution >= 0.6 is 23.2 Å². The van der Waals surface area contributed by atoms with Crippen LogP contribution in [0.4, 0.5) is 5.69 Å². The fourth-order valence-corrected chi connectivity index (χ4v) is 3.70. The van der Waals surface area contributed by atoms with E-state index in [2.05, 4.69) is 28.0 Å². The number of carbonyl (C=O) groups excluding carboxylic acids is 2. The molecule has 0 atom stereocenters. The van der Waals surface area contributed by atoms with Crippen LogP contribution in [0.3, 0.4) is 0 Å². The van der Waals surface area contributed by atoms with Gasteiger partial charge in [0, 0.05) is 49.7 Å². The molecule has 1 aliphatic rings. The van der Waals surface area contributed by atoms with E-state index in [0.29, 0.717) is 35.7 Å². The van der Waals surface area contributed by atoms with E-state index < -0.39 is 5.91 Å². The van der Waals surface area contributed by atoms with Gasteiger partial charge in [-0.25, -0.2) is 0 Å². The molecular weight excluding hydrogens is 467 g/mol. The number of pyridine rings is 1. The Morgan fingerprint density at radius 3 is 2.30 bits per heavy atom. The number of halogens is 2. The highest BCUT2D eigenvalue weighted by Gasteiger charge is 2.22. The van der Waals surface area contributed by atoms with Gasteiger partial charge in [0.25, 0.3) is 11.8 Å². The summed E-state index contributed by atoms with van der Waals surface area (Å²) in [5, 5.41) is 3.15. The van der Waals surface area contributed by atoms with E-state index in [9.17, 15) is 9.59 Å². The van der Waals surface area contributed by atoms with Crippen molar-refractivity contribution in [2.75, 3.05) is 52.3 Å². The molecule has 2 amide bonds. The van der Waals surface area contributed by atoms with Crippen molar-refractivity contribution < 1.29 is 19.1 Å². The number of terminal acetylenes is 1. The maximum atomic E-state index is 12.9. The lowest BCUT2D eigenvalue weighted by Gasteiger charge is -2.32. The number of amides is 2. The second-order valence-corrected chi connectivity index (χ2v) is 7.99. The first-order valence-electron chi connectivity index (χ1n) is 10.0. The molecule has 2 heterocycles. The number of ether oxygens (including phenoxy) is 2. The van der Waals surface area contributed by atoms with Gasteiger partial charge in [-0.05, 0) is 26.1 Å². The van der Waals surface area contributed by atoms with Gasteiger partial charge in [-0.2, -0.15) is 0 Å². The topological polar surface area (TPSA) is 84.0 Å². The highest BCUT2D eigenvalue weighted by molar-refractivity contribution is 6.39. The quantitative estimate of drug-likeness (QED) is 0.622. The first-order valence-corrected chi connectivity index (χ1v) is 10.8. The van der Waals surface area contributed by atoms with Gasteiger partial charge in [-0.1, -0.05) is 23.2 Å². The van der Waals surface area contributed by atoms with Crippen molar-refractivity contribution in [1.29, 1.82) is 0 Å². The lowest BCUT2D eigenvalue weighted by molar-refractivity contribution is -0.134. The molecule has 1 aliphatic heterocycles. The Balaban J connectivity index is 0.00000187. The Bertz CT molecular complexity index is 1000. The van der Waals surface area contributed by atoms with E-state index in [1.54, 1.807) is 24.0 Å². The van der Waals surface area contributed by atoms with E-state index in [0.717, 1.165) is 13.1 Å². The van der Waals surface area contributed by atoms with Gasteiger partial charge >= 0.3 is 0 Å². The minimum Gasteiger partial charge on any atom is -0.493 e. The Kier molecular flexibility index (Phi) is 9.79. The van der Waals surface area contributed by atoms with Gasteiger partial charge in [0.2, 0.25) is 0 Å². The molecule has 176 valence electrons. The van der Waals surface area contributed by atoms with Crippen LogP contribution in [0.2, 0.25) is 10.0 Å². The van der Waals surface area contributed by atoms with Crippen molar-refractivity contribution in [3.05, 3.63) is 45.7 Å². The van der Waals surface area contributed by atoms with E-state index in [1.165, 1.54) is 19.5 Å². The standard InChI is InChI=1S/C21H24Cl2N4O4.C2H2/c1-13-14(21(29)25-19-15(22)10-24-11-16(19)23)4-5-17(30-3)20(13)31-12-18(28)27-8-6-26(2)7-9-27;1-2/h4-5,10-11H,6-9,12H2,1-3H3,(H,24,25,29);1-2H. The van der Waals surface area contributed by atoms with Crippen molar-refractivity contribution >= 4 is 40.7 Å². The number of hydrogen-bond acceptors (Lipinski definition) is 6. The summed E-state index contributed by atoms with van der Waals surface area (Å²) in [7, 11) is 3.52. The number of carbonyl (C=O) groups is 2. The molecule has 3 rings (SSSR count). The first-order chi connectivity index (χ1) is 15.8. The highest BCUT2D eigenvalue weighted by atomic mass is 35.5. The Hall–Kier alpha value is -2.99. The summed E-state index contributed by atoms with van der Waals surface area (Å²) in [4.78, 5) is 33.2. The first kappa shape index (κ1) is 26.3. The van der Waals surface area contributed by atoms with Crippen molar-refractivity contribution in [3.8, 4) is 24.3 Å². The van der Waals surface area contributed by atoms with E-state index in [4.69, 9.17) is 32.7 Å². The summed E-state index contributed by atoms with van der Waals surface area (Å²) in [6.07, 6.45) is 10.8. The number of likely N-dealkylation sites (N-methyl/N-ethyl adjacent to an activating group) is 1. The Morgan fingerprint density at radius 1 is 1.12 bits per heavy atom. The summed E-state index contributed by atoms with van der Waals surface area (Å²) in [5.41, 5.74) is 1.14. The highest BCUT2D eigenvalue weighted by Crippen LogP contribution is 2.35. The monoisotopic (exact) mass is 492 g/mol. The molecule has 1 aromatic carbocycles. The van der Waals surface area contributed by atoms with Crippen molar-refractivity contribution in [3.63, 3.8) is 0 Å². The zero-order chi connectivity index (χ0) is 24.5. The molecule has 2 aromatic rings. The second kappa shape index (κ2) is 12.3. The number of hydrogen-bond donors (Lipinski definition) is 1. The zero-order valence-corrected chi connectivity index (χ0v) is 20.2. The number of nitrogens with one attached hydrogen (secondary N) is 1. The third kappa shape index (κ3) is 6.51. The van der Waals surface area contributed by atoms with Gasteiger partial charge in [0.05, 0.1) is 22.8 Å². The van der Waals surface area contributed by atoms with Crippen LogP contribution in [0.5, 0.6) is 11.5 Å². The fraction of sp³-hybridized carbons (Fsp3) is 0.348. The number of nitrogens with zero attached hydrogens (tertiary/aromatic N) is 3. The van der Waals surface area contributed by atoms with Crippen LogP contribution in [0, 0.1) is 19.8 Å². The largest absolute Gasteiger partial charge is 0.493 e. The number of anilines is 1. The molecule has 0 unspecified atom stereocenters. The third-order valence-electron chi connectivity index (χ3n) is 5.12. The predicted octanol–water partition coefficient (Wildman–Crippen LogP) is 3.36. The van der Waals surface area contributed by atoms with E-state index >= 15 is 0 Å². The van der Waals surface area contributed by atoms with Crippen molar-refractivity contribution in [2.24, 2.45) is 0 Å². The minimum absolute atomic E-state index is 0.111. The molecule has 8 nitrogen and oxygen atoms in total. The second-order valence-electron chi connectivity index (χ2n) is 7.17. The van der Waals surface area contributed by atoms with Crippen LogP contribution in [0.15, 0.2) is 24.5 Å². The van der Waals surface area contributed by atoms with Crippen LogP contribution in [-0.4, -0.2) is 73.5 Å². The van der Waals surface area contributed by atoms with E-state index in [-0.39, 0.29) is 28.2 Å². The van der Waals surface area contributed by atoms with E-state index in [1.807, 2.05) is 7.05 Å². The van der Waals surface area contributed by atoms with Crippen LogP contribution in [-0.2, 0) is 4.79 Å². The summed E-state index contributed by atoms with van der Waals surface area (Å²) in [6, 6.07) is 3.23. The maximum Gasteiger partial charge on any atom is 0.260 e.